The maximum absolute atomic E-state index is 14.4. The molecule has 10 amide bonds. The van der Waals surface area contributed by atoms with Crippen LogP contribution < -0.4 is 47.9 Å². The van der Waals surface area contributed by atoms with Gasteiger partial charge in [0.25, 0.3) is 5.91 Å². The van der Waals surface area contributed by atoms with E-state index in [1.807, 2.05) is 60.5 Å². The molecule has 1 aromatic carbocycles. The number of likely N-dealkylation sites (N-methyl/N-ethyl adjacent to an activating group) is 1. The van der Waals surface area contributed by atoms with Crippen molar-refractivity contribution < 1.29 is 52.3 Å². The number of nitrogens with one attached hydrogen (secondary N) is 9. The maximum Gasteiger partial charge on any atom is 0.255 e. The second-order valence-electron chi connectivity index (χ2n) is 25.3. The van der Waals surface area contributed by atoms with Crippen molar-refractivity contribution in [3.63, 3.8) is 0 Å². The van der Waals surface area contributed by atoms with Crippen LogP contribution in [-0.2, 0) is 43.2 Å². The molecule has 22 heteroatoms. The minimum absolute atomic E-state index is 0.0332. The zero-order chi connectivity index (χ0) is 61.0. The molecule has 5 atom stereocenters. The van der Waals surface area contributed by atoms with Crippen molar-refractivity contribution in [2.45, 2.75) is 207 Å². The number of hydrogen-bond acceptors (Lipinski definition) is 11. The molecule has 9 N–H and O–H groups in total. The highest BCUT2D eigenvalue weighted by atomic mass is 19.1. The lowest BCUT2D eigenvalue weighted by Crippen LogP contribution is -2.65. The number of likely N-dealkylation sites (tertiary alicyclic amines) is 1. The lowest BCUT2D eigenvalue weighted by atomic mass is 9.83. The van der Waals surface area contributed by atoms with Gasteiger partial charge in [-0.3, -0.25) is 47.9 Å². The van der Waals surface area contributed by atoms with Crippen LogP contribution in [0.15, 0.2) is 24.3 Å². The third kappa shape index (κ3) is 23.3. The van der Waals surface area contributed by atoms with Crippen LogP contribution in [0, 0.1) is 35.4 Å². The smallest absolute Gasteiger partial charge is 0.255 e. The predicted molar refractivity (Wildman–Crippen MR) is 308 cm³/mol. The van der Waals surface area contributed by atoms with Crippen LogP contribution in [0.1, 0.15) is 177 Å². The van der Waals surface area contributed by atoms with Gasteiger partial charge in [-0.05, 0) is 149 Å². The number of hydrogen-bond donors (Lipinski definition) is 9. The summed E-state index contributed by atoms with van der Waals surface area (Å²) in [6, 6.07) is 1.63. The quantitative estimate of drug-likeness (QED) is 0.0480. The fraction of sp³-hybridized carbons (Fsp3) is 0.729. The van der Waals surface area contributed by atoms with Gasteiger partial charge in [-0.1, -0.05) is 73.6 Å². The first-order chi connectivity index (χ1) is 37.7. The molecule has 1 aliphatic carbocycles. The molecular weight excluding hydrogens is 1040 g/mol. The third-order valence-corrected chi connectivity index (χ3v) is 14.7. The molecule has 1 saturated heterocycles. The molecule has 456 valence electrons. The SMILES string of the molecule is CC(C)C[C@H](NC(=O)[C@H](CCC1CCCCC1)C(=O)N[C@@H]1CCCN1C(=O)c1ccc(F)cc1)C(=O)NC(C)(C)C(=O)N[C@@H](CC(C)C)C(=O)N[C@@H](CC(C)C)C(=O)NC(C)(C)C(=O)NC(C)(C)C(=O)NCCC(=O)NCCN(C)C. The third-order valence-electron chi connectivity index (χ3n) is 14.7. The molecule has 3 rings (SSSR count). The van der Waals surface area contributed by atoms with Gasteiger partial charge in [0.05, 0.1) is 0 Å². The molecule has 0 aromatic heterocycles. The molecule has 1 saturated carbocycles. The molecule has 0 spiro atoms. The fourth-order valence-corrected chi connectivity index (χ4v) is 9.85. The Bertz CT molecular complexity index is 2320. The summed E-state index contributed by atoms with van der Waals surface area (Å²) in [7, 11) is 3.77. The summed E-state index contributed by atoms with van der Waals surface area (Å²) in [5.74, 6) is -7.67. The lowest BCUT2D eigenvalue weighted by molar-refractivity contribution is -0.140. The molecule has 2 aliphatic rings. The molecule has 21 nitrogen and oxygen atoms in total. The van der Waals surface area contributed by atoms with Gasteiger partial charge >= 0.3 is 0 Å². The number of carbonyl (C=O) groups is 10. The Morgan fingerprint density at radius 1 is 0.580 bits per heavy atom. The monoisotopic (exact) mass is 1140 g/mol. The molecule has 0 unspecified atom stereocenters. The standard InChI is InChI=1S/C59H98FN11O10/c1-36(2)33-43(50(75)64-45(35-38(5)6)52(77)68-59(11,12)56(81)69-57(7,8)54(79)62-29-28-47(72)61-30-32-70(13)14)65-55(80)58(9,10)67-51(76)44(34-37(3)4)63-48(73)42(27-22-39-19-16-15-17-20-39)49(74)66-46-21-18-31-71(46)53(78)40-23-25-41(60)26-24-40/h23-26,36-39,42-46H,15-22,27-35H2,1-14H3,(H,61,72)(H,62,79)(H,63,73)(H,64,75)(H,65,80)(H,66,74)(H,67,76)(H,68,77)(H,69,81)/t42-,43-,44-,45-,46-/m0/s1. The molecule has 2 fully saturated rings. The van der Waals surface area contributed by atoms with E-state index >= 15 is 0 Å². The van der Waals surface area contributed by atoms with E-state index in [4.69, 9.17) is 0 Å². The maximum atomic E-state index is 14.4. The van der Waals surface area contributed by atoms with Crippen LogP contribution >= 0.6 is 0 Å². The van der Waals surface area contributed by atoms with E-state index in [9.17, 15) is 52.3 Å². The Hall–Kier alpha value is -6.19. The fourth-order valence-electron chi connectivity index (χ4n) is 9.85. The highest BCUT2D eigenvalue weighted by Gasteiger charge is 2.41. The second kappa shape index (κ2) is 31.9. The van der Waals surface area contributed by atoms with Gasteiger partial charge in [-0.15, -0.1) is 0 Å². The van der Waals surface area contributed by atoms with E-state index in [1.165, 1.54) is 70.7 Å². The predicted octanol–water partition coefficient (Wildman–Crippen LogP) is 3.94. The summed E-state index contributed by atoms with van der Waals surface area (Å²) in [4.78, 5) is 142. The first-order valence-electron chi connectivity index (χ1n) is 29.2. The van der Waals surface area contributed by atoms with Crippen molar-refractivity contribution in [2.24, 2.45) is 29.6 Å². The summed E-state index contributed by atoms with van der Waals surface area (Å²) in [6.07, 6.45) is 6.82. The van der Waals surface area contributed by atoms with Gasteiger partial charge in [0, 0.05) is 38.2 Å². The normalized spacial score (nSPS) is 16.7. The van der Waals surface area contributed by atoms with E-state index in [2.05, 4.69) is 47.9 Å². The second-order valence-corrected chi connectivity index (χ2v) is 25.3. The Labute approximate surface area is 480 Å². The molecule has 0 radical (unpaired) electrons. The first-order valence-corrected chi connectivity index (χ1v) is 29.2. The van der Waals surface area contributed by atoms with E-state index in [-0.39, 0.29) is 73.8 Å². The number of halogens is 1. The summed E-state index contributed by atoms with van der Waals surface area (Å²) in [6.45, 7) is 21.4. The molecule has 1 aromatic rings. The largest absolute Gasteiger partial charge is 0.355 e. The Kier molecular flexibility index (Phi) is 27.2. The van der Waals surface area contributed by atoms with Crippen LogP contribution in [0.25, 0.3) is 0 Å². The Morgan fingerprint density at radius 3 is 1.62 bits per heavy atom. The molecule has 1 heterocycles. The zero-order valence-electron chi connectivity index (χ0n) is 50.9. The summed E-state index contributed by atoms with van der Waals surface area (Å²) >= 11 is 0. The van der Waals surface area contributed by atoms with E-state index < -0.39 is 99.9 Å². The average molecular weight is 1140 g/mol. The van der Waals surface area contributed by atoms with Gasteiger partial charge in [0.15, 0.2) is 0 Å². The minimum Gasteiger partial charge on any atom is -0.355 e. The minimum atomic E-state index is -1.66. The van der Waals surface area contributed by atoms with Gasteiger partial charge < -0.3 is 57.7 Å². The van der Waals surface area contributed by atoms with Gasteiger partial charge in [-0.2, -0.15) is 0 Å². The van der Waals surface area contributed by atoms with E-state index in [0.29, 0.717) is 44.8 Å². The lowest BCUT2D eigenvalue weighted by Gasteiger charge is -2.34. The van der Waals surface area contributed by atoms with E-state index in [1.54, 1.807) is 0 Å². The molecule has 81 heavy (non-hydrogen) atoms. The topological polar surface area (TPSA) is 285 Å². The van der Waals surface area contributed by atoms with Crippen molar-refractivity contribution in [3.05, 3.63) is 35.6 Å². The summed E-state index contributed by atoms with van der Waals surface area (Å²) in [5, 5.41) is 25.0. The van der Waals surface area contributed by atoms with Gasteiger partial charge in [0.1, 0.15) is 52.6 Å². The average Bonchev–Trinajstić information content (AvgIpc) is 3.83. The van der Waals surface area contributed by atoms with Crippen molar-refractivity contribution >= 4 is 59.1 Å². The first kappa shape index (κ1) is 69.1. The van der Waals surface area contributed by atoms with Crippen LogP contribution in [0.5, 0.6) is 0 Å². The highest BCUT2D eigenvalue weighted by molar-refractivity contribution is 6.03. The van der Waals surface area contributed by atoms with Crippen molar-refractivity contribution in [1.82, 2.24) is 57.7 Å². The van der Waals surface area contributed by atoms with Crippen LogP contribution in [0.3, 0.4) is 0 Å². The highest BCUT2D eigenvalue weighted by Crippen LogP contribution is 2.30. The number of carbonyl (C=O) groups excluding carboxylic acids is 10. The number of rotatable bonds is 31. The zero-order valence-corrected chi connectivity index (χ0v) is 50.9. The summed E-state index contributed by atoms with van der Waals surface area (Å²) in [5.41, 5.74) is -4.43. The van der Waals surface area contributed by atoms with Crippen molar-refractivity contribution in [1.29, 1.82) is 0 Å². The number of nitrogens with zero attached hydrogens (tertiary/aromatic N) is 2. The van der Waals surface area contributed by atoms with Crippen molar-refractivity contribution in [3.8, 4) is 0 Å². The molecule has 1 aliphatic heterocycles. The van der Waals surface area contributed by atoms with Gasteiger partial charge in [-0.25, -0.2) is 4.39 Å². The number of amides is 10. The Balaban J connectivity index is 1.74. The molecule has 0 bridgehead atoms. The Morgan fingerprint density at radius 2 is 1.09 bits per heavy atom. The van der Waals surface area contributed by atoms with E-state index in [0.717, 1.165) is 32.1 Å². The molecular formula is C59H98FN11O10. The van der Waals surface area contributed by atoms with Crippen molar-refractivity contribution in [2.75, 3.05) is 40.3 Å². The van der Waals surface area contributed by atoms with Crippen LogP contribution in [0.2, 0.25) is 0 Å². The summed E-state index contributed by atoms with van der Waals surface area (Å²) < 4.78 is 13.7. The van der Waals surface area contributed by atoms with Crippen LogP contribution in [-0.4, -0.2) is 150 Å². The van der Waals surface area contributed by atoms with Gasteiger partial charge in [0.2, 0.25) is 53.2 Å². The number of benzene rings is 1. The van der Waals surface area contributed by atoms with Crippen LogP contribution in [0.4, 0.5) is 4.39 Å².